The van der Waals surface area contributed by atoms with Crippen LogP contribution < -0.4 is 24.8 Å². The highest BCUT2D eigenvalue weighted by Gasteiger charge is 2.62. The molecule has 15 nitrogen and oxygen atoms in total. The molecule has 4 aliphatic rings. The van der Waals surface area contributed by atoms with E-state index in [4.69, 9.17) is 14.2 Å². The largest absolute Gasteiger partial charge is 0.497 e. The molecule has 1 aromatic carbocycles. The Balaban J connectivity index is 1.32. The van der Waals surface area contributed by atoms with Crippen LogP contribution in [-0.4, -0.2) is 95.3 Å². The molecule has 1 aromatic heterocycles. The lowest BCUT2D eigenvalue weighted by atomic mass is 9.92. The zero-order chi connectivity index (χ0) is 38.3. The van der Waals surface area contributed by atoms with Gasteiger partial charge in [-0.2, -0.15) is 0 Å². The number of fused-ring (bicyclic) bond motifs is 3. The maximum Gasteiger partial charge on any atom is 0.408 e. The fraction of sp³-hybridized carbons (Fsp3) is 0.622. The molecule has 4 amide bonds. The number of benzene rings is 1. The zero-order valence-corrected chi connectivity index (χ0v) is 31.9. The second-order valence-corrected chi connectivity index (χ2v) is 17.8. The molecular formula is C37H50N6O9S. The van der Waals surface area contributed by atoms with Crippen LogP contribution in [0, 0.1) is 17.8 Å². The van der Waals surface area contributed by atoms with Gasteiger partial charge < -0.3 is 29.7 Å². The van der Waals surface area contributed by atoms with Gasteiger partial charge >= 0.3 is 6.09 Å². The van der Waals surface area contributed by atoms with Crippen LogP contribution in [0.1, 0.15) is 79.6 Å². The number of ether oxygens (including phenoxy) is 3. The Bertz CT molecular complexity index is 1890. The number of nitrogens with zero attached hydrogens (tertiary/aromatic N) is 3. The van der Waals surface area contributed by atoms with Crippen molar-refractivity contribution in [2.75, 3.05) is 13.7 Å². The van der Waals surface area contributed by atoms with Crippen molar-refractivity contribution in [2.24, 2.45) is 17.8 Å². The first-order valence-corrected chi connectivity index (χ1v) is 19.9. The molecule has 2 aliphatic heterocycles. The first kappa shape index (κ1) is 38.3. The molecule has 3 N–H and O–H groups in total. The molecule has 2 aliphatic carbocycles. The zero-order valence-electron chi connectivity index (χ0n) is 31.1. The maximum absolute atomic E-state index is 14.6. The van der Waals surface area contributed by atoms with Gasteiger partial charge in [0.05, 0.1) is 36.1 Å². The Morgan fingerprint density at radius 3 is 2.51 bits per heavy atom. The summed E-state index contributed by atoms with van der Waals surface area (Å²) in [6.07, 6.45) is 7.10. The molecule has 3 fully saturated rings. The number of hydrogen-bond donors (Lipinski definition) is 3. The number of allylic oxidation sites excluding steroid dienone is 1. The Hall–Kier alpha value is -4.47. The normalized spacial score (nSPS) is 29.5. The number of amides is 4. The monoisotopic (exact) mass is 754 g/mol. The summed E-state index contributed by atoms with van der Waals surface area (Å²) in [4.78, 5) is 66.2. The van der Waals surface area contributed by atoms with Crippen LogP contribution in [0.25, 0.3) is 11.0 Å². The van der Waals surface area contributed by atoms with Crippen LogP contribution in [0.3, 0.4) is 0 Å². The van der Waals surface area contributed by atoms with E-state index in [1.807, 2.05) is 26.0 Å². The first-order chi connectivity index (χ1) is 25.0. The van der Waals surface area contributed by atoms with Gasteiger partial charge in [0.15, 0.2) is 0 Å². The van der Waals surface area contributed by atoms with Crippen LogP contribution in [0.5, 0.6) is 11.6 Å². The topological polar surface area (TPSA) is 195 Å². The van der Waals surface area contributed by atoms with Gasteiger partial charge in [0.2, 0.25) is 27.7 Å². The second-order valence-electron chi connectivity index (χ2n) is 15.9. The number of carbonyl (C=O) groups excluding carboxylic acids is 4. The molecule has 2 saturated carbocycles. The van der Waals surface area contributed by atoms with E-state index in [2.05, 4.69) is 25.3 Å². The number of sulfonamides is 1. The Morgan fingerprint density at radius 1 is 1.06 bits per heavy atom. The second kappa shape index (κ2) is 14.7. The van der Waals surface area contributed by atoms with Crippen molar-refractivity contribution in [1.82, 2.24) is 30.2 Å². The van der Waals surface area contributed by atoms with Crippen molar-refractivity contribution in [3.63, 3.8) is 0 Å². The van der Waals surface area contributed by atoms with E-state index in [0.29, 0.717) is 36.0 Å². The third kappa shape index (κ3) is 8.85. The quantitative estimate of drug-likeness (QED) is 0.351. The minimum absolute atomic E-state index is 0.0263. The number of rotatable bonds is 7. The minimum atomic E-state index is -3.90. The highest BCUT2D eigenvalue weighted by atomic mass is 32.2. The fourth-order valence-corrected chi connectivity index (χ4v) is 8.44. The van der Waals surface area contributed by atoms with Crippen molar-refractivity contribution in [3.8, 4) is 11.6 Å². The van der Waals surface area contributed by atoms with E-state index in [0.717, 1.165) is 12.8 Å². The van der Waals surface area contributed by atoms with Gasteiger partial charge in [-0.3, -0.25) is 19.1 Å². The smallest absolute Gasteiger partial charge is 0.408 e. The van der Waals surface area contributed by atoms with E-state index in [1.165, 1.54) is 11.1 Å². The number of hydrogen-bond acceptors (Lipinski definition) is 11. The fourth-order valence-electron chi connectivity index (χ4n) is 7.08. The van der Waals surface area contributed by atoms with Crippen LogP contribution in [0.15, 0.2) is 36.5 Å². The summed E-state index contributed by atoms with van der Waals surface area (Å²) in [5.41, 5.74) is -1.20. The summed E-state index contributed by atoms with van der Waals surface area (Å²) >= 11 is 0. The third-order valence-electron chi connectivity index (χ3n) is 10.3. The number of aromatic nitrogens is 2. The van der Waals surface area contributed by atoms with Gasteiger partial charge in [0.25, 0.3) is 5.91 Å². The van der Waals surface area contributed by atoms with E-state index in [-0.39, 0.29) is 37.1 Å². The molecule has 0 spiro atoms. The van der Waals surface area contributed by atoms with Crippen LogP contribution in [-0.2, 0) is 29.1 Å². The SMILES string of the molecule is COc1ccc2ncc(OC3CC4C(=O)NC5(C(=O)NS(=O)(=O)C6CC6)CC5C=CC(C)CCCC(C)C(NC(=O)OC(C)(C)C)C(=O)N4C3)nc2c1. The van der Waals surface area contributed by atoms with Crippen LogP contribution >= 0.6 is 0 Å². The van der Waals surface area contributed by atoms with Gasteiger partial charge in [-0.05, 0) is 76.8 Å². The van der Waals surface area contributed by atoms with E-state index in [1.54, 1.807) is 46.1 Å². The number of carbonyl (C=O) groups is 4. The highest BCUT2D eigenvalue weighted by molar-refractivity contribution is 7.91. The molecule has 3 heterocycles. The highest BCUT2D eigenvalue weighted by Crippen LogP contribution is 2.46. The molecule has 1 saturated heterocycles. The Labute approximate surface area is 310 Å². The summed E-state index contributed by atoms with van der Waals surface area (Å²) in [6.45, 7) is 9.06. The molecule has 7 unspecified atom stereocenters. The minimum Gasteiger partial charge on any atom is -0.497 e. The predicted octanol–water partition coefficient (Wildman–Crippen LogP) is 3.38. The number of alkyl carbamates (subject to hydrolysis) is 1. The molecule has 53 heavy (non-hydrogen) atoms. The van der Waals surface area contributed by atoms with Gasteiger partial charge in [-0.1, -0.05) is 32.4 Å². The van der Waals surface area contributed by atoms with Crippen LogP contribution in [0.4, 0.5) is 4.79 Å². The Kier molecular flexibility index (Phi) is 10.6. The lowest BCUT2D eigenvalue weighted by Crippen LogP contribution is -2.59. The summed E-state index contributed by atoms with van der Waals surface area (Å²) in [5.74, 6) is -1.86. The summed E-state index contributed by atoms with van der Waals surface area (Å²) < 4.78 is 45.0. The summed E-state index contributed by atoms with van der Waals surface area (Å²) in [5, 5.41) is 5.02. The number of nitrogens with one attached hydrogen (secondary N) is 3. The third-order valence-corrected chi connectivity index (χ3v) is 12.1. The number of methoxy groups -OCH3 is 1. The predicted molar refractivity (Wildman–Crippen MR) is 194 cm³/mol. The average Bonchev–Trinajstić information content (AvgIpc) is 4.01. The van der Waals surface area contributed by atoms with E-state index >= 15 is 0 Å². The van der Waals surface area contributed by atoms with Gasteiger partial charge in [0, 0.05) is 18.4 Å². The Morgan fingerprint density at radius 2 is 1.81 bits per heavy atom. The van der Waals surface area contributed by atoms with Gasteiger partial charge in [0.1, 0.15) is 35.1 Å². The summed E-state index contributed by atoms with van der Waals surface area (Å²) in [7, 11) is -2.36. The first-order valence-electron chi connectivity index (χ1n) is 18.3. The average molecular weight is 755 g/mol. The molecule has 6 rings (SSSR count). The maximum atomic E-state index is 14.6. The molecule has 2 aromatic rings. The van der Waals surface area contributed by atoms with Crippen molar-refractivity contribution in [2.45, 2.75) is 114 Å². The lowest BCUT2D eigenvalue weighted by molar-refractivity contribution is -0.142. The van der Waals surface area contributed by atoms with Crippen molar-refractivity contribution < 1.29 is 41.8 Å². The molecular weight excluding hydrogens is 705 g/mol. The van der Waals surface area contributed by atoms with Crippen molar-refractivity contribution in [3.05, 3.63) is 36.5 Å². The molecule has 288 valence electrons. The molecule has 7 atom stereocenters. The van der Waals surface area contributed by atoms with E-state index in [9.17, 15) is 27.6 Å². The molecule has 0 bridgehead atoms. The van der Waals surface area contributed by atoms with Gasteiger partial charge in [-0.25, -0.2) is 23.2 Å². The van der Waals surface area contributed by atoms with Crippen molar-refractivity contribution >= 4 is 44.9 Å². The molecule has 0 radical (unpaired) electrons. The lowest BCUT2D eigenvalue weighted by Gasteiger charge is -2.32. The van der Waals surface area contributed by atoms with Crippen LogP contribution in [0.2, 0.25) is 0 Å². The standard InChI is InChI=1S/C37H50N6O9S/c1-21-8-7-9-22(2)31(40-35(47)52-36(3,4)5)33(45)43-20-25(51-30-19-38-27-15-12-24(50-6)16-28(27)39-30)17-29(43)32(44)41-37(18-23(37)11-10-21)34(46)42-53(48,49)26-13-14-26/h10-12,15-16,19,21-23,25-26,29,31H,7-9,13-14,17-18,20H2,1-6H3,(H,40,47)(H,41,44)(H,42,46). The van der Waals surface area contributed by atoms with Crippen molar-refractivity contribution in [1.29, 1.82) is 0 Å². The van der Waals surface area contributed by atoms with E-state index < -0.39 is 74.3 Å². The summed E-state index contributed by atoms with van der Waals surface area (Å²) in [6, 6.07) is 3.07. The van der Waals surface area contributed by atoms with Gasteiger partial charge in [-0.15, -0.1) is 0 Å². The molecule has 16 heteroatoms.